The van der Waals surface area contributed by atoms with E-state index in [2.05, 4.69) is 0 Å². The molecule has 0 aliphatic heterocycles. The standard InChI is InChI=1S/C13H15NO8/c1-13(2,3)22-12(21)8-6(10(17)18)5(9(15)16)7(11(19)20)14(8)4/h1-4H3,(H,15,16)(H,17,18)(H,19,20). The summed E-state index contributed by atoms with van der Waals surface area (Å²) < 4.78 is 5.71. The molecule has 120 valence electrons. The maximum atomic E-state index is 12.1. The van der Waals surface area contributed by atoms with Crippen LogP contribution in [0.3, 0.4) is 0 Å². The van der Waals surface area contributed by atoms with Gasteiger partial charge in [0.15, 0.2) is 0 Å². The van der Waals surface area contributed by atoms with Gasteiger partial charge in [-0.3, -0.25) is 0 Å². The van der Waals surface area contributed by atoms with Crippen LogP contribution in [-0.2, 0) is 11.8 Å². The molecule has 3 N–H and O–H groups in total. The Morgan fingerprint density at radius 2 is 1.27 bits per heavy atom. The first-order valence-electron chi connectivity index (χ1n) is 6.04. The van der Waals surface area contributed by atoms with Crippen LogP contribution < -0.4 is 0 Å². The van der Waals surface area contributed by atoms with Gasteiger partial charge in [0.2, 0.25) is 0 Å². The van der Waals surface area contributed by atoms with Crippen molar-refractivity contribution in [3.63, 3.8) is 0 Å². The van der Waals surface area contributed by atoms with Gasteiger partial charge < -0.3 is 24.6 Å². The smallest absolute Gasteiger partial charge is 0.356 e. The van der Waals surface area contributed by atoms with Crippen LogP contribution in [0.4, 0.5) is 0 Å². The van der Waals surface area contributed by atoms with Crippen molar-refractivity contribution in [2.24, 2.45) is 7.05 Å². The number of esters is 1. The van der Waals surface area contributed by atoms with E-state index in [-0.39, 0.29) is 0 Å². The number of rotatable bonds is 4. The summed E-state index contributed by atoms with van der Waals surface area (Å²) in [4.78, 5) is 45.9. The maximum absolute atomic E-state index is 12.1. The lowest BCUT2D eigenvalue weighted by Crippen LogP contribution is -2.26. The van der Waals surface area contributed by atoms with Crippen LogP contribution in [0, 0.1) is 0 Å². The summed E-state index contributed by atoms with van der Waals surface area (Å²) in [6.45, 7) is 4.60. The molecule has 0 spiro atoms. The van der Waals surface area contributed by atoms with Gasteiger partial charge in [-0.05, 0) is 20.8 Å². The molecule has 0 amide bonds. The lowest BCUT2D eigenvalue weighted by molar-refractivity contribution is 0.00551. The second-order valence-corrected chi connectivity index (χ2v) is 5.42. The number of carbonyl (C=O) groups is 4. The van der Waals surface area contributed by atoms with Crippen molar-refractivity contribution in [3.05, 3.63) is 22.5 Å². The fourth-order valence-corrected chi connectivity index (χ4v) is 1.92. The molecule has 0 atom stereocenters. The van der Waals surface area contributed by atoms with Crippen molar-refractivity contribution >= 4 is 23.9 Å². The molecule has 0 aliphatic carbocycles. The number of aromatic carboxylic acids is 3. The number of nitrogens with zero attached hydrogens (tertiary/aromatic N) is 1. The molecule has 9 nitrogen and oxygen atoms in total. The van der Waals surface area contributed by atoms with Gasteiger partial charge in [0.25, 0.3) is 0 Å². The van der Waals surface area contributed by atoms with Crippen LogP contribution in [0.1, 0.15) is 62.5 Å². The minimum Gasteiger partial charge on any atom is -0.478 e. The topological polar surface area (TPSA) is 143 Å². The van der Waals surface area contributed by atoms with Crippen molar-refractivity contribution < 1.29 is 39.2 Å². The van der Waals surface area contributed by atoms with Crippen LogP contribution in [0.5, 0.6) is 0 Å². The second kappa shape index (κ2) is 5.51. The third-order valence-electron chi connectivity index (χ3n) is 2.62. The van der Waals surface area contributed by atoms with E-state index < -0.39 is 52.0 Å². The van der Waals surface area contributed by atoms with Gasteiger partial charge in [0, 0.05) is 7.05 Å². The monoisotopic (exact) mass is 313 g/mol. The SMILES string of the molecule is Cn1c(C(=O)O)c(C(=O)O)c(C(=O)O)c1C(=O)OC(C)(C)C. The Balaban J connectivity index is 3.74. The first kappa shape index (κ1) is 17.2. The van der Waals surface area contributed by atoms with Gasteiger partial charge in [-0.1, -0.05) is 0 Å². The van der Waals surface area contributed by atoms with Crippen LogP contribution >= 0.6 is 0 Å². The molecule has 0 fully saturated rings. The van der Waals surface area contributed by atoms with E-state index in [1.165, 1.54) is 20.8 Å². The Hall–Kier alpha value is -2.84. The molecule has 0 aliphatic rings. The average molecular weight is 313 g/mol. The molecule has 0 saturated carbocycles. The highest BCUT2D eigenvalue weighted by Crippen LogP contribution is 2.25. The fraction of sp³-hybridized carbons (Fsp3) is 0.385. The highest BCUT2D eigenvalue weighted by Gasteiger charge is 2.37. The van der Waals surface area contributed by atoms with Gasteiger partial charge in [-0.15, -0.1) is 0 Å². The molecule has 9 heteroatoms. The Morgan fingerprint density at radius 1 is 0.864 bits per heavy atom. The summed E-state index contributed by atoms with van der Waals surface area (Å²) in [6, 6.07) is 0. The van der Waals surface area contributed by atoms with Crippen molar-refractivity contribution in [1.82, 2.24) is 4.57 Å². The first-order valence-corrected chi connectivity index (χ1v) is 6.04. The molecular weight excluding hydrogens is 298 g/mol. The van der Waals surface area contributed by atoms with Gasteiger partial charge >= 0.3 is 23.9 Å². The lowest BCUT2D eigenvalue weighted by Gasteiger charge is -2.20. The van der Waals surface area contributed by atoms with Crippen LogP contribution in [-0.4, -0.2) is 49.4 Å². The van der Waals surface area contributed by atoms with E-state index in [4.69, 9.17) is 14.9 Å². The number of aromatic nitrogens is 1. The predicted molar refractivity (Wildman–Crippen MR) is 71.5 cm³/mol. The van der Waals surface area contributed by atoms with E-state index in [1.807, 2.05) is 0 Å². The van der Waals surface area contributed by atoms with Crippen molar-refractivity contribution in [1.29, 1.82) is 0 Å². The molecule has 0 unspecified atom stereocenters. The van der Waals surface area contributed by atoms with Crippen LogP contribution in [0.2, 0.25) is 0 Å². The summed E-state index contributed by atoms with van der Waals surface area (Å²) in [5, 5.41) is 27.4. The number of hydrogen-bond acceptors (Lipinski definition) is 5. The second-order valence-electron chi connectivity index (χ2n) is 5.42. The Kier molecular flexibility index (Phi) is 4.31. The molecular formula is C13H15NO8. The Bertz CT molecular complexity index is 677. The predicted octanol–water partition coefficient (Wildman–Crippen LogP) is 1.07. The largest absolute Gasteiger partial charge is 0.478 e. The summed E-state index contributed by atoms with van der Waals surface area (Å²) in [5.41, 5.74) is -4.31. The minimum absolute atomic E-state index is 0.641. The molecule has 0 aromatic carbocycles. The molecule has 22 heavy (non-hydrogen) atoms. The van der Waals surface area contributed by atoms with Crippen molar-refractivity contribution in [3.8, 4) is 0 Å². The highest BCUT2D eigenvalue weighted by atomic mass is 16.6. The summed E-state index contributed by atoms with van der Waals surface area (Å²) in [5.74, 6) is -6.29. The Labute approximate surface area is 124 Å². The normalized spacial score (nSPS) is 11.1. The number of ether oxygens (including phenoxy) is 1. The van der Waals surface area contributed by atoms with Crippen molar-refractivity contribution in [2.75, 3.05) is 0 Å². The quantitative estimate of drug-likeness (QED) is 0.700. The van der Waals surface area contributed by atoms with E-state index >= 15 is 0 Å². The third kappa shape index (κ3) is 3.08. The zero-order valence-electron chi connectivity index (χ0n) is 12.3. The maximum Gasteiger partial charge on any atom is 0.356 e. The fourth-order valence-electron chi connectivity index (χ4n) is 1.92. The van der Waals surface area contributed by atoms with Gasteiger partial charge in [-0.2, -0.15) is 0 Å². The van der Waals surface area contributed by atoms with E-state index in [0.717, 1.165) is 7.05 Å². The zero-order valence-corrected chi connectivity index (χ0v) is 12.3. The summed E-state index contributed by atoms with van der Waals surface area (Å²) in [7, 11) is 1.08. The molecule has 1 aromatic heterocycles. The van der Waals surface area contributed by atoms with Gasteiger partial charge in [0.05, 0.1) is 0 Å². The third-order valence-corrected chi connectivity index (χ3v) is 2.62. The lowest BCUT2D eigenvalue weighted by atomic mass is 10.1. The number of carboxylic acids is 3. The zero-order chi connectivity index (χ0) is 17.4. The number of carboxylic acid groups (broad SMARTS) is 3. The number of hydrogen-bond donors (Lipinski definition) is 3. The molecule has 0 bridgehead atoms. The van der Waals surface area contributed by atoms with Crippen LogP contribution in [0.15, 0.2) is 0 Å². The summed E-state index contributed by atoms with van der Waals surface area (Å²) >= 11 is 0. The highest BCUT2D eigenvalue weighted by molar-refractivity contribution is 6.14. The van der Waals surface area contributed by atoms with Crippen molar-refractivity contribution in [2.45, 2.75) is 26.4 Å². The summed E-state index contributed by atoms with van der Waals surface area (Å²) in [6.07, 6.45) is 0. The molecule has 1 rings (SSSR count). The van der Waals surface area contributed by atoms with Crippen LogP contribution in [0.25, 0.3) is 0 Å². The minimum atomic E-state index is -1.76. The molecule has 0 saturated heterocycles. The molecule has 1 heterocycles. The van der Waals surface area contributed by atoms with E-state index in [9.17, 15) is 24.3 Å². The van der Waals surface area contributed by atoms with E-state index in [1.54, 1.807) is 0 Å². The van der Waals surface area contributed by atoms with Gasteiger partial charge in [0.1, 0.15) is 28.1 Å². The number of carbonyl (C=O) groups excluding carboxylic acids is 1. The average Bonchev–Trinajstić information content (AvgIpc) is 2.60. The molecule has 1 aromatic rings. The van der Waals surface area contributed by atoms with E-state index in [0.29, 0.717) is 4.57 Å². The molecule has 0 radical (unpaired) electrons. The first-order chi connectivity index (χ1) is 9.88. The van der Waals surface area contributed by atoms with Gasteiger partial charge in [-0.25, -0.2) is 19.2 Å². The Morgan fingerprint density at radius 3 is 1.59 bits per heavy atom.